The van der Waals surface area contributed by atoms with Crippen LogP contribution in [0.25, 0.3) is 0 Å². The number of hydrogen-bond donors (Lipinski definition) is 2. The first kappa shape index (κ1) is 20.0. The van der Waals surface area contributed by atoms with Crippen LogP contribution in [0.15, 0.2) is 50.9 Å². The number of nitrogens with zero attached hydrogens (tertiary/aromatic N) is 1. The second-order valence-corrected chi connectivity index (χ2v) is 10.7. The van der Waals surface area contributed by atoms with Gasteiger partial charge in [-0.15, -0.1) is 11.3 Å². The predicted molar refractivity (Wildman–Crippen MR) is 102 cm³/mol. The predicted octanol–water partition coefficient (Wildman–Crippen LogP) is 1.58. The molecule has 1 aromatic heterocycles. The molecule has 2 heterocycles. The largest absolute Gasteiger partial charge is 0.325 e. The summed E-state index contributed by atoms with van der Waals surface area (Å²) < 4.78 is 49.7. The van der Waals surface area contributed by atoms with Gasteiger partial charge >= 0.3 is 0 Å². The van der Waals surface area contributed by atoms with Crippen molar-refractivity contribution in [3.63, 3.8) is 0 Å². The van der Waals surface area contributed by atoms with Crippen LogP contribution in [-0.2, 0) is 24.8 Å². The molecule has 1 saturated heterocycles. The topological polar surface area (TPSA) is 127 Å². The van der Waals surface area contributed by atoms with Crippen LogP contribution in [0.5, 0.6) is 0 Å². The Morgan fingerprint density at radius 3 is 2.41 bits per heavy atom. The van der Waals surface area contributed by atoms with Gasteiger partial charge in [0.05, 0.1) is 4.90 Å². The van der Waals surface area contributed by atoms with Gasteiger partial charge in [-0.2, -0.15) is 4.31 Å². The van der Waals surface area contributed by atoms with Gasteiger partial charge in [-0.05, 0) is 48.6 Å². The van der Waals surface area contributed by atoms with Crippen LogP contribution in [0.2, 0.25) is 0 Å². The Balaban J connectivity index is 1.80. The highest BCUT2D eigenvalue weighted by Crippen LogP contribution is 2.28. The fourth-order valence-corrected chi connectivity index (χ4v) is 6.23. The summed E-state index contributed by atoms with van der Waals surface area (Å²) in [7, 11) is -7.56. The molecule has 1 aliphatic rings. The second-order valence-electron chi connectivity index (χ2n) is 6.12. The lowest BCUT2D eigenvalue weighted by atomic mass is 10.0. The van der Waals surface area contributed by atoms with E-state index >= 15 is 0 Å². The molecule has 1 atom stereocenters. The van der Waals surface area contributed by atoms with E-state index in [9.17, 15) is 21.6 Å². The van der Waals surface area contributed by atoms with Crippen LogP contribution < -0.4 is 10.5 Å². The van der Waals surface area contributed by atoms with Gasteiger partial charge in [-0.1, -0.05) is 12.5 Å². The van der Waals surface area contributed by atoms with Crippen molar-refractivity contribution in [1.29, 1.82) is 0 Å². The third-order valence-corrected chi connectivity index (χ3v) is 8.48. The molecule has 1 aliphatic heterocycles. The molecular weight excluding hydrogens is 410 g/mol. The minimum atomic E-state index is -3.82. The number of rotatable bonds is 5. The zero-order valence-electron chi connectivity index (χ0n) is 14.2. The van der Waals surface area contributed by atoms with Gasteiger partial charge in [0.1, 0.15) is 10.3 Å². The summed E-state index contributed by atoms with van der Waals surface area (Å²) in [6, 6.07) is 7.76. The van der Waals surface area contributed by atoms with E-state index in [2.05, 4.69) is 5.32 Å². The zero-order chi connectivity index (χ0) is 19.7. The van der Waals surface area contributed by atoms with E-state index in [1.807, 2.05) is 0 Å². The molecule has 3 N–H and O–H groups in total. The molecule has 1 amide bonds. The lowest BCUT2D eigenvalue weighted by molar-refractivity contribution is -0.120. The molecule has 0 bridgehead atoms. The molecule has 3 rings (SSSR count). The van der Waals surface area contributed by atoms with E-state index in [-0.39, 0.29) is 15.6 Å². The number of piperidine rings is 1. The number of nitrogens with one attached hydrogen (secondary N) is 1. The first-order valence-corrected chi connectivity index (χ1v) is 12.1. The minimum absolute atomic E-state index is 0.0694. The highest BCUT2D eigenvalue weighted by molar-refractivity contribution is 7.91. The van der Waals surface area contributed by atoms with E-state index in [0.29, 0.717) is 18.5 Å². The average Bonchev–Trinajstić information content (AvgIpc) is 3.17. The average molecular weight is 430 g/mol. The summed E-state index contributed by atoms with van der Waals surface area (Å²) in [6.07, 6.45) is 1.86. The molecule has 27 heavy (non-hydrogen) atoms. The standard InChI is InChI=1S/C16H19N3O5S3/c17-26(21,22)13-8-6-12(7-9-13)18-16(20)14-4-1-2-10-19(14)27(23,24)15-5-3-11-25-15/h3,5-9,11,14H,1-2,4,10H2,(H,18,20)(H2,17,21,22)/t14-/m0/s1. The molecule has 1 aromatic carbocycles. The Hall–Kier alpha value is -1.79. The molecule has 0 aliphatic carbocycles. The zero-order valence-corrected chi connectivity index (χ0v) is 16.7. The molecule has 8 nitrogen and oxygen atoms in total. The van der Waals surface area contributed by atoms with Crippen LogP contribution in [-0.4, -0.2) is 39.6 Å². The van der Waals surface area contributed by atoms with Crippen LogP contribution in [0.1, 0.15) is 19.3 Å². The summed E-state index contributed by atoms with van der Waals surface area (Å²) in [5.41, 5.74) is 0.367. The minimum Gasteiger partial charge on any atom is -0.325 e. The van der Waals surface area contributed by atoms with Crippen molar-refractivity contribution in [2.45, 2.75) is 34.4 Å². The van der Waals surface area contributed by atoms with Crippen molar-refractivity contribution in [2.75, 3.05) is 11.9 Å². The molecule has 0 unspecified atom stereocenters. The monoisotopic (exact) mass is 429 g/mol. The number of primary sulfonamides is 1. The third kappa shape index (κ3) is 4.38. The maximum atomic E-state index is 12.8. The Morgan fingerprint density at radius 2 is 1.81 bits per heavy atom. The number of sulfonamides is 2. The highest BCUT2D eigenvalue weighted by atomic mass is 32.2. The van der Waals surface area contributed by atoms with Gasteiger partial charge < -0.3 is 5.32 Å². The number of nitrogens with two attached hydrogens (primary N) is 1. The lowest BCUT2D eigenvalue weighted by Gasteiger charge is -2.33. The number of carbonyl (C=O) groups is 1. The SMILES string of the molecule is NS(=O)(=O)c1ccc(NC(=O)[C@@H]2CCCCN2S(=O)(=O)c2cccs2)cc1. The van der Waals surface area contributed by atoms with Crippen LogP contribution in [0, 0.1) is 0 Å². The fourth-order valence-electron chi connectivity index (χ4n) is 2.93. The Bertz CT molecular complexity index is 1020. The van der Waals surface area contributed by atoms with Crippen LogP contribution in [0.4, 0.5) is 5.69 Å². The number of carbonyl (C=O) groups excluding carboxylic acids is 1. The third-order valence-electron chi connectivity index (χ3n) is 4.26. The van der Waals surface area contributed by atoms with E-state index in [1.54, 1.807) is 11.4 Å². The van der Waals surface area contributed by atoms with Gasteiger partial charge in [0.15, 0.2) is 0 Å². The van der Waals surface area contributed by atoms with Crippen LogP contribution >= 0.6 is 11.3 Å². The molecule has 1 fully saturated rings. The number of anilines is 1. The molecule has 0 radical (unpaired) electrons. The van der Waals surface area contributed by atoms with Crippen molar-refractivity contribution in [1.82, 2.24) is 4.31 Å². The summed E-state index contributed by atoms with van der Waals surface area (Å²) in [4.78, 5) is 12.6. The van der Waals surface area contributed by atoms with E-state index < -0.39 is 32.0 Å². The van der Waals surface area contributed by atoms with Gasteiger partial charge in [-0.25, -0.2) is 22.0 Å². The summed E-state index contributed by atoms with van der Waals surface area (Å²) in [5, 5.41) is 9.39. The summed E-state index contributed by atoms with van der Waals surface area (Å²) in [6.45, 7) is 0.280. The Kier molecular flexibility index (Phi) is 5.68. The highest BCUT2D eigenvalue weighted by Gasteiger charge is 2.38. The van der Waals surface area contributed by atoms with Gasteiger partial charge in [0.2, 0.25) is 15.9 Å². The summed E-state index contributed by atoms with van der Waals surface area (Å²) in [5.74, 6) is -0.446. The first-order valence-electron chi connectivity index (χ1n) is 8.19. The van der Waals surface area contributed by atoms with Crippen molar-refractivity contribution in [3.8, 4) is 0 Å². The molecule has 0 spiro atoms. The Morgan fingerprint density at radius 1 is 1.11 bits per heavy atom. The number of benzene rings is 1. The number of thiophene rings is 1. The Labute approximate surface area is 162 Å². The molecule has 146 valence electrons. The quantitative estimate of drug-likeness (QED) is 0.746. The van der Waals surface area contributed by atoms with Crippen molar-refractivity contribution < 1.29 is 21.6 Å². The van der Waals surface area contributed by atoms with Crippen molar-refractivity contribution in [3.05, 3.63) is 41.8 Å². The summed E-state index contributed by atoms with van der Waals surface area (Å²) >= 11 is 1.12. The maximum Gasteiger partial charge on any atom is 0.253 e. The van der Waals surface area contributed by atoms with E-state index in [1.165, 1.54) is 34.6 Å². The molecule has 2 aromatic rings. The molecule has 11 heteroatoms. The second kappa shape index (κ2) is 7.68. The van der Waals surface area contributed by atoms with Crippen molar-refractivity contribution in [2.24, 2.45) is 5.14 Å². The van der Waals surface area contributed by atoms with E-state index in [0.717, 1.165) is 17.8 Å². The number of amides is 1. The van der Waals surface area contributed by atoms with Crippen molar-refractivity contribution >= 4 is 43.0 Å². The fraction of sp³-hybridized carbons (Fsp3) is 0.312. The van der Waals surface area contributed by atoms with E-state index in [4.69, 9.17) is 5.14 Å². The van der Waals surface area contributed by atoms with Gasteiger partial charge in [0, 0.05) is 12.2 Å². The first-order chi connectivity index (χ1) is 12.7. The van der Waals surface area contributed by atoms with Crippen LogP contribution in [0.3, 0.4) is 0 Å². The smallest absolute Gasteiger partial charge is 0.253 e. The number of hydrogen-bond acceptors (Lipinski definition) is 6. The maximum absolute atomic E-state index is 12.8. The molecular formula is C16H19N3O5S3. The normalized spacial score (nSPS) is 18.9. The molecule has 0 saturated carbocycles. The van der Waals surface area contributed by atoms with Gasteiger partial charge in [0.25, 0.3) is 10.0 Å². The lowest BCUT2D eigenvalue weighted by Crippen LogP contribution is -2.49. The van der Waals surface area contributed by atoms with Gasteiger partial charge in [-0.3, -0.25) is 4.79 Å².